The number of nitrogens with zero attached hydrogens (tertiary/aromatic N) is 4. The fourth-order valence-corrected chi connectivity index (χ4v) is 3.02. The molecule has 1 aromatic carbocycles. The predicted molar refractivity (Wildman–Crippen MR) is 81.4 cm³/mol. The normalized spacial score (nSPS) is 13.3. The Balaban J connectivity index is 1.81. The first-order chi connectivity index (χ1) is 10.2. The summed E-state index contributed by atoms with van der Waals surface area (Å²) < 4.78 is 7.23. The highest BCUT2D eigenvalue weighted by atomic mass is 32.2. The topological polar surface area (TPSA) is 60.2 Å². The van der Waals surface area contributed by atoms with Gasteiger partial charge in [0.1, 0.15) is 11.5 Å². The van der Waals surface area contributed by atoms with Crippen LogP contribution in [-0.4, -0.2) is 40.0 Å². The Labute approximate surface area is 127 Å². The van der Waals surface area contributed by atoms with Gasteiger partial charge in [0, 0.05) is 18.8 Å². The van der Waals surface area contributed by atoms with Crippen LogP contribution >= 0.6 is 11.8 Å². The number of thioether (sulfide) groups is 1. The Morgan fingerprint density at radius 3 is 2.71 bits per heavy atom. The van der Waals surface area contributed by atoms with E-state index in [1.807, 2.05) is 24.3 Å². The Hall–Kier alpha value is -2.02. The zero-order chi connectivity index (χ0) is 14.8. The quantitative estimate of drug-likeness (QED) is 0.789. The Morgan fingerprint density at radius 2 is 2.05 bits per heavy atom. The van der Waals surface area contributed by atoms with E-state index in [1.54, 1.807) is 14.0 Å². The van der Waals surface area contributed by atoms with Crippen LogP contribution in [0, 0.1) is 0 Å². The van der Waals surface area contributed by atoms with Crippen LogP contribution in [0.5, 0.6) is 5.75 Å². The number of hydrogen-bond acceptors (Lipinski definition) is 6. The van der Waals surface area contributed by atoms with E-state index in [9.17, 15) is 4.79 Å². The molecule has 0 N–H and O–H groups in total. The third kappa shape index (κ3) is 2.73. The van der Waals surface area contributed by atoms with E-state index in [2.05, 4.69) is 19.7 Å². The minimum absolute atomic E-state index is 0.141. The fourth-order valence-electron chi connectivity index (χ4n) is 2.26. The second-order valence-corrected chi connectivity index (χ2v) is 5.72. The summed E-state index contributed by atoms with van der Waals surface area (Å²) in [6.45, 7) is 3.26. The molecule has 0 bridgehead atoms. The Kier molecular flexibility index (Phi) is 3.83. The van der Waals surface area contributed by atoms with Crippen molar-refractivity contribution < 1.29 is 9.53 Å². The maximum Gasteiger partial charge on any atom is 0.232 e. The summed E-state index contributed by atoms with van der Waals surface area (Å²) in [7, 11) is 1.65. The van der Waals surface area contributed by atoms with E-state index in [-0.39, 0.29) is 5.78 Å². The first-order valence-corrected chi connectivity index (χ1v) is 7.64. The summed E-state index contributed by atoms with van der Waals surface area (Å²) in [6.07, 6.45) is 0. The minimum atomic E-state index is 0.141. The molecule has 3 rings (SSSR count). The first-order valence-electron chi connectivity index (χ1n) is 6.66. The lowest BCUT2D eigenvalue weighted by Crippen LogP contribution is -2.14. The molecule has 0 atom stereocenters. The summed E-state index contributed by atoms with van der Waals surface area (Å²) in [5, 5.41) is 9.23. The average molecular weight is 304 g/mol. The van der Waals surface area contributed by atoms with Crippen molar-refractivity contribution in [3.05, 3.63) is 24.3 Å². The van der Waals surface area contributed by atoms with Gasteiger partial charge in [0.15, 0.2) is 5.16 Å². The summed E-state index contributed by atoms with van der Waals surface area (Å²) in [4.78, 5) is 13.2. The van der Waals surface area contributed by atoms with Crippen LogP contribution in [-0.2, 0) is 11.3 Å². The van der Waals surface area contributed by atoms with Gasteiger partial charge in [-0.2, -0.15) is 0 Å². The summed E-state index contributed by atoms with van der Waals surface area (Å²) in [5.74, 6) is 2.23. The van der Waals surface area contributed by atoms with Crippen molar-refractivity contribution in [2.45, 2.75) is 18.6 Å². The minimum Gasteiger partial charge on any atom is -0.497 e. The average Bonchev–Trinajstić information content (AvgIpc) is 3.07. The molecule has 0 fully saturated rings. The van der Waals surface area contributed by atoms with Gasteiger partial charge in [-0.3, -0.25) is 9.36 Å². The number of ether oxygens (including phenoxy) is 1. The van der Waals surface area contributed by atoms with E-state index in [1.165, 1.54) is 11.8 Å². The summed E-state index contributed by atoms with van der Waals surface area (Å²) in [5.41, 5.74) is 1.06. The lowest BCUT2D eigenvalue weighted by atomic mass is 10.3. The number of anilines is 2. The number of aromatic nitrogens is 3. The van der Waals surface area contributed by atoms with Gasteiger partial charge >= 0.3 is 0 Å². The van der Waals surface area contributed by atoms with E-state index >= 15 is 0 Å². The highest BCUT2D eigenvalue weighted by Crippen LogP contribution is 2.32. The lowest BCUT2D eigenvalue weighted by molar-refractivity contribution is -0.114. The molecule has 1 aliphatic rings. The van der Waals surface area contributed by atoms with E-state index in [4.69, 9.17) is 4.74 Å². The van der Waals surface area contributed by atoms with Crippen LogP contribution in [0.1, 0.15) is 6.92 Å². The molecule has 0 saturated carbocycles. The number of ketones is 1. The van der Waals surface area contributed by atoms with Crippen LogP contribution in [0.4, 0.5) is 11.6 Å². The van der Waals surface area contributed by atoms with Gasteiger partial charge in [0.05, 0.1) is 12.9 Å². The van der Waals surface area contributed by atoms with Crippen LogP contribution in [0.25, 0.3) is 0 Å². The smallest absolute Gasteiger partial charge is 0.232 e. The van der Waals surface area contributed by atoms with Crippen LogP contribution in [0.2, 0.25) is 0 Å². The first kappa shape index (κ1) is 13.9. The van der Waals surface area contributed by atoms with E-state index in [0.717, 1.165) is 35.6 Å². The van der Waals surface area contributed by atoms with Crippen molar-refractivity contribution in [3.8, 4) is 5.75 Å². The maximum absolute atomic E-state index is 11.1. The maximum atomic E-state index is 11.1. The molecule has 2 heterocycles. The molecule has 1 aliphatic heterocycles. The lowest BCUT2D eigenvalue weighted by Gasteiger charge is -2.15. The molecule has 110 valence electrons. The number of fused-ring (bicyclic) bond motifs is 1. The Bertz CT molecular complexity index is 653. The molecular weight excluding hydrogens is 288 g/mol. The van der Waals surface area contributed by atoms with Crippen LogP contribution < -0.4 is 9.64 Å². The van der Waals surface area contributed by atoms with Crippen molar-refractivity contribution in [2.24, 2.45) is 0 Å². The molecule has 0 unspecified atom stereocenters. The largest absolute Gasteiger partial charge is 0.497 e. The third-order valence-electron chi connectivity index (χ3n) is 3.27. The molecule has 0 amide bonds. The van der Waals surface area contributed by atoms with E-state index in [0.29, 0.717) is 5.75 Å². The van der Waals surface area contributed by atoms with Crippen LogP contribution in [0.15, 0.2) is 29.4 Å². The van der Waals surface area contributed by atoms with Gasteiger partial charge in [-0.05, 0) is 31.2 Å². The van der Waals surface area contributed by atoms with Gasteiger partial charge in [-0.25, -0.2) is 0 Å². The van der Waals surface area contributed by atoms with Gasteiger partial charge in [-0.15, -0.1) is 10.2 Å². The van der Waals surface area contributed by atoms with E-state index < -0.39 is 0 Å². The second-order valence-electron chi connectivity index (χ2n) is 4.77. The van der Waals surface area contributed by atoms with Gasteiger partial charge < -0.3 is 9.64 Å². The number of benzene rings is 1. The number of carbonyl (C=O) groups excluding carboxylic acids is 1. The molecule has 0 aliphatic carbocycles. The van der Waals surface area contributed by atoms with Gasteiger partial charge in [0.2, 0.25) is 5.95 Å². The predicted octanol–water partition coefficient (Wildman–Crippen LogP) is 2.12. The molecule has 7 heteroatoms. The second kappa shape index (κ2) is 5.77. The summed E-state index contributed by atoms with van der Waals surface area (Å²) in [6, 6.07) is 7.87. The third-order valence-corrected chi connectivity index (χ3v) is 4.39. The van der Waals surface area contributed by atoms with Crippen molar-refractivity contribution >= 4 is 29.2 Å². The highest BCUT2D eigenvalue weighted by Gasteiger charge is 2.26. The fraction of sp³-hybridized carbons (Fsp3) is 0.357. The molecule has 21 heavy (non-hydrogen) atoms. The SMILES string of the molecule is COc1ccc(N2CCn3c(SCC(C)=O)nnc32)cc1. The summed E-state index contributed by atoms with van der Waals surface area (Å²) >= 11 is 1.44. The monoisotopic (exact) mass is 304 g/mol. The van der Waals surface area contributed by atoms with Crippen LogP contribution in [0.3, 0.4) is 0 Å². The molecule has 1 aromatic heterocycles. The number of hydrogen-bond donors (Lipinski definition) is 0. The van der Waals surface area contributed by atoms with Crippen molar-refractivity contribution in [1.82, 2.24) is 14.8 Å². The number of Topliss-reactive ketones (excluding diaryl/α,β-unsaturated/α-hetero) is 1. The zero-order valence-corrected chi connectivity index (χ0v) is 12.8. The Morgan fingerprint density at radius 1 is 1.29 bits per heavy atom. The standard InChI is InChI=1S/C14H16N4O2S/c1-10(19)9-21-14-16-15-13-17(7-8-18(13)14)11-3-5-12(20-2)6-4-11/h3-6H,7-9H2,1-2H3. The van der Waals surface area contributed by atoms with Gasteiger partial charge in [-0.1, -0.05) is 11.8 Å². The number of rotatable bonds is 5. The van der Waals surface area contributed by atoms with Crippen molar-refractivity contribution in [1.29, 1.82) is 0 Å². The molecule has 0 spiro atoms. The zero-order valence-electron chi connectivity index (χ0n) is 11.9. The number of carbonyl (C=O) groups is 1. The molecule has 0 radical (unpaired) electrons. The van der Waals surface area contributed by atoms with Gasteiger partial charge in [0.25, 0.3) is 0 Å². The van der Waals surface area contributed by atoms with Crippen molar-refractivity contribution in [2.75, 3.05) is 24.3 Å². The molecule has 2 aromatic rings. The highest BCUT2D eigenvalue weighted by molar-refractivity contribution is 7.99. The molecule has 0 saturated heterocycles. The molecule has 6 nitrogen and oxygen atoms in total. The van der Waals surface area contributed by atoms with Crippen molar-refractivity contribution in [3.63, 3.8) is 0 Å². The number of methoxy groups -OCH3 is 1. The molecular formula is C14H16N4O2S.